The molecule has 1 atom stereocenters. The average molecular weight is 372 g/mol. The molecule has 0 saturated heterocycles. The average Bonchev–Trinajstić information content (AvgIpc) is 3.08. The lowest BCUT2D eigenvalue weighted by Gasteiger charge is -2.24. The second-order valence-electron chi connectivity index (χ2n) is 6.82. The Hall–Kier alpha value is -2.47. The summed E-state index contributed by atoms with van der Waals surface area (Å²) in [7, 11) is 0. The molecule has 0 spiro atoms. The topological polar surface area (TPSA) is 78.9 Å². The molecule has 27 heavy (non-hydrogen) atoms. The quantitative estimate of drug-likeness (QED) is 0.331. The van der Waals surface area contributed by atoms with E-state index in [1.165, 1.54) is 0 Å². The van der Waals surface area contributed by atoms with Crippen LogP contribution in [0.5, 0.6) is 0 Å². The smallest absolute Gasteiger partial charge is 0.324 e. The number of ketones is 1. The maximum atomic E-state index is 12.7. The number of rotatable bonds is 6. The fourth-order valence-corrected chi connectivity index (χ4v) is 3.76. The first-order valence-electron chi connectivity index (χ1n) is 9.27. The Morgan fingerprint density at radius 2 is 1.59 bits per heavy atom. The van der Waals surface area contributed by atoms with Gasteiger partial charge in [-0.1, -0.05) is 35.9 Å². The molecule has 0 saturated carbocycles. The van der Waals surface area contributed by atoms with Crippen molar-refractivity contribution in [2.45, 2.75) is 39.2 Å². The minimum atomic E-state index is -1.36. The van der Waals surface area contributed by atoms with E-state index in [-0.39, 0.29) is 38.4 Å². The van der Waals surface area contributed by atoms with E-state index in [0.717, 1.165) is 11.1 Å². The first-order chi connectivity index (χ1) is 13.0. The molecule has 1 aliphatic carbocycles. The molecule has 0 radical (unpaired) electrons. The third kappa shape index (κ3) is 3.67. The molecule has 1 heterocycles. The van der Waals surface area contributed by atoms with Crippen molar-refractivity contribution in [2.24, 2.45) is 5.41 Å². The van der Waals surface area contributed by atoms with Crippen LogP contribution >= 0.6 is 0 Å². The second-order valence-corrected chi connectivity index (χ2v) is 6.82. The van der Waals surface area contributed by atoms with Gasteiger partial charge in [0.2, 0.25) is 0 Å². The molecule has 1 aliphatic heterocycles. The third-order valence-corrected chi connectivity index (χ3v) is 5.10. The van der Waals surface area contributed by atoms with Crippen molar-refractivity contribution in [1.29, 1.82) is 0 Å². The van der Waals surface area contributed by atoms with E-state index in [0.29, 0.717) is 12.0 Å². The standard InChI is InChI=1S/C21H24O6/c1-3-25-19(23)21(20(24)26-4-2)11-15-10-17(27-13-16(15)12-21)18(22)14-8-6-5-7-9-14/h5-9,17H,3-4,10-13H2,1-2H3. The van der Waals surface area contributed by atoms with Crippen LogP contribution in [-0.4, -0.2) is 43.6 Å². The summed E-state index contributed by atoms with van der Waals surface area (Å²) in [6, 6.07) is 8.98. The van der Waals surface area contributed by atoms with Gasteiger partial charge in [-0.3, -0.25) is 14.4 Å². The lowest BCUT2D eigenvalue weighted by Crippen LogP contribution is -2.40. The van der Waals surface area contributed by atoms with Gasteiger partial charge >= 0.3 is 11.9 Å². The zero-order valence-electron chi connectivity index (χ0n) is 15.7. The fourth-order valence-electron chi connectivity index (χ4n) is 3.76. The highest BCUT2D eigenvalue weighted by atomic mass is 16.6. The van der Waals surface area contributed by atoms with E-state index >= 15 is 0 Å². The van der Waals surface area contributed by atoms with E-state index in [1.54, 1.807) is 26.0 Å². The van der Waals surface area contributed by atoms with Crippen molar-refractivity contribution in [3.05, 3.63) is 47.0 Å². The molecule has 0 bridgehead atoms. The zero-order chi connectivity index (χ0) is 19.4. The maximum absolute atomic E-state index is 12.7. The van der Waals surface area contributed by atoms with Crippen LogP contribution in [0.4, 0.5) is 0 Å². The Balaban J connectivity index is 1.79. The summed E-state index contributed by atoms with van der Waals surface area (Å²) in [6.45, 7) is 4.03. The van der Waals surface area contributed by atoms with E-state index in [9.17, 15) is 14.4 Å². The molecular weight excluding hydrogens is 348 g/mol. The monoisotopic (exact) mass is 372 g/mol. The van der Waals surface area contributed by atoms with Crippen LogP contribution in [0.15, 0.2) is 41.5 Å². The number of carbonyl (C=O) groups is 3. The molecule has 0 amide bonds. The summed E-state index contributed by atoms with van der Waals surface area (Å²) in [5.41, 5.74) is 1.06. The van der Waals surface area contributed by atoms with Crippen LogP contribution in [0.25, 0.3) is 0 Å². The Kier molecular flexibility index (Phi) is 5.75. The molecule has 1 aromatic rings. The van der Waals surface area contributed by atoms with Gasteiger partial charge in [-0.15, -0.1) is 0 Å². The van der Waals surface area contributed by atoms with Gasteiger partial charge in [-0.25, -0.2) is 0 Å². The molecule has 0 fully saturated rings. The SMILES string of the molecule is CCOC(=O)C1(C(=O)OCC)CC2=C(CC(C(=O)c3ccccc3)OC2)C1. The predicted octanol–water partition coefficient (Wildman–Crippen LogP) is 2.86. The van der Waals surface area contributed by atoms with Crippen molar-refractivity contribution in [1.82, 2.24) is 0 Å². The number of Topliss-reactive ketones (excluding diaryl/α,β-unsaturated/α-hetero) is 1. The predicted molar refractivity (Wildman–Crippen MR) is 97.1 cm³/mol. The van der Waals surface area contributed by atoms with Crippen molar-refractivity contribution in [3.8, 4) is 0 Å². The van der Waals surface area contributed by atoms with E-state index in [2.05, 4.69) is 0 Å². The summed E-state index contributed by atoms with van der Waals surface area (Å²) in [5.74, 6) is -1.22. The van der Waals surface area contributed by atoms with Crippen molar-refractivity contribution >= 4 is 17.7 Å². The van der Waals surface area contributed by atoms with Gasteiger partial charge in [0.25, 0.3) is 0 Å². The molecule has 6 nitrogen and oxygen atoms in total. The number of benzene rings is 1. The number of esters is 2. The molecule has 3 rings (SSSR count). The largest absolute Gasteiger partial charge is 0.465 e. The normalized spacial score (nSPS) is 20.7. The number of ether oxygens (including phenoxy) is 3. The van der Waals surface area contributed by atoms with Crippen LogP contribution in [0, 0.1) is 5.41 Å². The van der Waals surface area contributed by atoms with E-state index < -0.39 is 23.5 Å². The molecule has 0 aromatic heterocycles. The third-order valence-electron chi connectivity index (χ3n) is 5.10. The summed E-state index contributed by atoms with van der Waals surface area (Å²) in [6.07, 6.45) is 0.226. The summed E-state index contributed by atoms with van der Waals surface area (Å²) >= 11 is 0. The molecule has 144 valence electrons. The van der Waals surface area contributed by atoms with Crippen molar-refractivity contribution < 1.29 is 28.6 Å². The number of hydrogen-bond donors (Lipinski definition) is 0. The highest BCUT2D eigenvalue weighted by Crippen LogP contribution is 2.47. The highest BCUT2D eigenvalue weighted by molar-refractivity contribution is 6.02. The van der Waals surface area contributed by atoms with Gasteiger partial charge in [0, 0.05) is 12.0 Å². The maximum Gasteiger partial charge on any atom is 0.324 e. The van der Waals surface area contributed by atoms with E-state index in [4.69, 9.17) is 14.2 Å². The van der Waals surface area contributed by atoms with Crippen LogP contribution < -0.4 is 0 Å². The summed E-state index contributed by atoms with van der Waals surface area (Å²) < 4.78 is 16.1. The minimum Gasteiger partial charge on any atom is -0.465 e. The van der Waals surface area contributed by atoms with Crippen LogP contribution in [-0.2, 0) is 23.8 Å². The van der Waals surface area contributed by atoms with Crippen molar-refractivity contribution in [2.75, 3.05) is 19.8 Å². The van der Waals surface area contributed by atoms with E-state index in [1.807, 2.05) is 18.2 Å². The van der Waals surface area contributed by atoms with Crippen LogP contribution in [0.2, 0.25) is 0 Å². The number of hydrogen-bond acceptors (Lipinski definition) is 6. The Labute approximate surface area is 158 Å². The van der Waals surface area contributed by atoms with Gasteiger partial charge < -0.3 is 14.2 Å². The highest BCUT2D eigenvalue weighted by Gasteiger charge is 2.54. The second kappa shape index (κ2) is 8.05. The Bertz CT molecular complexity index is 746. The van der Waals surface area contributed by atoms with Gasteiger partial charge in [0.05, 0.1) is 19.8 Å². The zero-order valence-corrected chi connectivity index (χ0v) is 15.7. The van der Waals surface area contributed by atoms with Crippen LogP contribution in [0.3, 0.4) is 0 Å². The minimum absolute atomic E-state index is 0.0908. The van der Waals surface area contributed by atoms with Gasteiger partial charge in [-0.2, -0.15) is 0 Å². The molecule has 6 heteroatoms. The van der Waals surface area contributed by atoms with Crippen LogP contribution in [0.1, 0.15) is 43.5 Å². The van der Waals surface area contributed by atoms with Gasteiger partial charge in [-0.05, 0) is 32.3 Å². The Morgan fingerprint density at radius 3 is 2.19 bits per heavy atom. The van der Waals surface area contributed by atoms with Gasteiger partial charge in [0.1, 0.15) is 6.10 Å². The fraction of sp³-hybridized carbons (Fsp3) is 0.476. The van der Waals surface area contributed by atoms with Gasteiger partial charge in [0.15, 0.2) is 11.2 Å². The Morgan fingerprint density at radius 1 is 1.00 bits per heavy atom. The lowest BCUT2D eigenvalue weighted by molar-refractivity contribution is -0.171. The lowest BCUT2D eigenvalue weighted by atomic mass is 9.83. The summed E-state index contributed by atoms with van der Waals surface area (Å²) in [5, 5.41) is 0. The first-order valence-corrected chi connectivity index (χ1v) is 9.27. The first kappa shape index (κ1) is 19.3. The number of carbonyl (C=O) groups excluding carboxylic acids is 3. The molecule has 1 aromatic carbocycles. The molecule has 2 aliphatic rings. The molecule has 1 unspecified atom stereocenters. The van der Waals surface area contributed by atoms with Crippen molar-refractivity contribution in [3.63, 3.8) is 0 Å². The summed E-state index contributed by atoms with van der Waals surface area (Å²) in [4.78, 5) is 37.9. The molecule has 0 N–H and O–H groups in total. The molecular formula is C21H24O6.